The van der Waals surface area contributed by atoms with Crippen LogP contribution in [0.2, 0.25) is 5.02 Å². The molecule has 3 rings (SSSR count). The SMILES string of the molecule is CCOP(=O)(OCC)C(Cc1ccccc1)c1ccc(Cl)c2ccccc12. The van der Waals surface area contributed by atoms with Gasteiger partial charge < -0.3 is 9.05 Å². The molecule has 27 heavy (non-hydrogen) atoms. The molecule has 3 aromatic carbocycles. The summed E-state index contributed by atoms with van der Waals surface area (Å²) in [6.45, 7) is 4.33. The molecule has 142 valence electrons. The van der Waals surface area contributed by atoms with E-state index in [2.05, 4.69) is 0 Å². The lowest BCUT2D eigenvalue weighted by Gasteiger charge is -2.28. The Labute approximate surface area is 165 Å². The number of rotatable bonds is 8. The molecule has 0 aliphatic rings. The van der Waals surface area contributed by atoms with Crippen LogP contribution in [0.25, 0.3) is 10.8 Å². The minimum Gasteiger partial charge on any atom is -0.308 e. The third-order valence-electron chi connectivity index (χ3n) is 4.54. The molecule has 0 bridgehead atoms. The number of benzene rings is 3. The number of hydrogen-bond donors (Lipinski definition) is 0. The van der Waals surface area contributed by atoms with Crippen molar-refractivity contribution in [2.45, 2.75) is 25.9 Å². The van der Waals surface area contributed by atoms with Gasteiger partial charge in [0.2, 0.25) is 0 Å². The Kier molecular flexibility index (Phi) is 6.73. The molecule has 1 unspecified atom stereocenters. The highest BCUT2D eigenvalue weighted by Gasteiger charge is 2.37. The quantitative estimate of drug-likeness (QED) is 0.379. The van der Waals surface area contributed by atoms with Crippen LogP contribution in [-0.4, -0.2) is 13.2 Å². The molecule has 0 saturated heterocycles. The van der Waals surface area contributed by atoms with Crippen molar-refractivity contribution in [2.24, 2.45) is 0 Å². The van der Waals surface area contributed by atoms with Gasteiger partial charge in [-0.15, -0.1) is 0 Å². The summed E-state index contributed by atoms with van der Waals surface area (Å²) in [4.78, 5) is 0. The Hall–Kier alpha value is -1.64. The summed E-state index contributed by atoms with van der Waals surface area (Å²) in [5, 5.41) is 2.59. The lowest BCUT2D eigenvalue weighted by Crippen LogP contribution is -2.10. The third-order valence-corrected chi connectivity index (χ3v) is 7.33. The van der Waals surface area contributed by atoms with E-state index in [0.717, 1.165) is 21.9 Å². The second kappa shape index (κ2) is 9.03. The maximum absolute atomic E-state index is 13.8. The molecule has 0 radical (unpaired) electrons. The largest absolute Gasteiger partial charge is 0.338 e. The molecule has 0 amide bonds. The Morgan fingerprint density at radius 2 is 1.44 bits per heavy atom. The second-order valence-corrected chi connectivity index (χ2v) is 8.89. The molecule has 5 heteroatoms. The average molecular weight is 403 g/mol. The molecule has 3 aromatic rings. The van der Waals surface area contributed by atoms with Gasteiger partial charge in [-0.05, 0) is 42.8 Å². The zero-order valence-electron chi connectivity index (χ0n) is 15.6. The third kappa shape index (κ3) is 4.44. The second-order valence-electron chi connectivity index (χ2n) is 6.26. The summed E-state index contributed by atoms with van der Waals surface area (Å²) >= 11 is 6.40. The lowest BCUT2D eigenvalue weighted by atomic mass is 9.98. The van der Waals surface area contributed by atoms with E-state index >= 15 is 0 Å². The summed E-state index contributed by atoms with van der Waals surface area (Å²) in [6.07, 6.45) is 0.559. The predicted octanol–water partition coefficient (Wildman–Crippen LogP) is 7.04. The van der Waals surface area contributed by atoms with Crippen molar-refractivity contribution in [1.82, 2.24) is 0 Å². The maximum Gasteiger partial charge on any atom is 0.338 e. The normalized spacial score (nSPS) is 13.0. The fourth-order valence-electron chi connectivity index (χ4n) is 3.38. The smallest absolute Gasteiger partial charge is 0.308 e. The first-order valence-corrected chi connectivity index (χ1v) is 11.2. The zero-order chi connectivity index (χ0) is 19.3. The first kappa shape index (κ1) is 20.1. The molecule has 0 aliphatic carbocycles. The van der Waals surface area contributed by atoms with Crippen LogP contribution in [0.3, 0.4) is 0 Å². The van der Waals surface area contributed by atoms with E-state index < -0.39 is 13.3 Å². The number of halogens is 1. The molecule has 0 heterocycles. The van der Waals surface area contributed by atoms with Gasteiger partial charge in [-0.2, -0.15) is 0 Å². The van der Waals surface area contributed by atoms with E-state index in [4.69, 9.17) is 20.6 Å². The average Bonchev–Trinajstić information content (AvgIpc) is 2.68. The Balaban J connectivity index is 2.18. The molecule has 3 nitrogen and oxygen atoms in total. The van der Waals surface area contributed by atoms with Gasteiger partial charge in [0.25, 0.3) is 0 Å². The van der Waals surface area contributed by atoms with Crippen LogP contribution in [0.5, 0.6) is 0 Å². The van der Waals surface area contributed by atoms with E-state index in [0.29, 0.717) is 24.7 Å². The highest BCUT2D eigenvalue weighted by atomic mass is 35.5. The van der Waals surface area contributed by atoms with Gasteiger partial charge in [0.1, 0.15) is 0 Å². The van der Waals surface area contributed by atoms with Gasteiger partial charge in [-0.1, -0.05) is 72.3 Å². The van der Waals surface area contributed by atoms with Crippen molar-refractivity contribution in [2.75, 3.05) is 13.2 Å². The topological polar surface area (TPSA) is 35.5 Å². The Morgan fingerprint density at radius 1 is 0.852 bits per heavy atom. The van der Waals surface area contributed by atoms with Crippen molar-refractivity contribution >= 4 is 30.0 Å². The van der Waals surface area contributed by atoms with Crippen LogP contribution in [0, 0.1) is 0 Å². The van der Waals surface area contributed by atoms with Crippen LogP contribution in [0.4, 0.5) is 0 Å². The van der Waals surface area contributed by atoms with E-state index in [1.165, 1.54) is 0 Å². The summed E-state index contributed by atoms with van der Waals surface area (Å²) in [7, 11) is -3.38. The molecule has 0 N–H and O–H groups in total. The monoisotopic (exact) mass is 402 g/mol. The summed E-state index contributed by atoms with van der Waals surface area (Å²) in [5.41, 5.74) is 1.60. The van der Waals surface area contributed by atoms with Gasteiger partial charge in [-0.3, -0.25) is 4.57 Å². The zero-order valence-corrected chi connectivity index (χ0v) is 17.2. The number of fused-ring (bicyclic) bond motifs is 1. The van der Waals surface area contributed by atoms with E-state index in [1.54, 1.807) is 0 Å². The van der Waals surface area contributed by atoms with E-state index in [9.17, 15) is 4.57 Å². The van der Waals surface area contributed by atoms with Crippen molar-refractivity contribution in [3.63, 3.8) is 0 Å². The van der Waals surface area contributed by atoms with Gasteiger partial charge >= 0.3 is 7.60 Å². The molecule has 0 saturated carbocycles. The first-order valence-electron chi connectivity index (χ1n) is 9.19. The van der Waals surface area contributed by atoms with Crippen LogP contribution in [0.1, 0.15) is 30.6 Å². The Bertz CT molecular complexity index is 933. The maximum atomic E-state index is 13.8. The van der Waals surface area contributed by atoms with Crippen molar-refractivity contribution < 1.29 is 13.6 Å². The van der Waals surface area contributed by atoms with Crippen molar-refractivity contribution in [3.8, 4) is 0 Å². The lowest BCUT2D eigenvalue weighted by molar-refractivity contribution is 0.212. The molecule has 0 aliphatic heterocycles. The summed E-state index contributed by atoms with van der Waals surface area (Å²) in [5.74, 6) is 0. The minimum atomic E-state index is -3.38. The fraction of sp³-hybridized carbons (Fsp3) is 0.273. The van der Waals surface area contributed by atoms with Crippen molar-refractivity contribution in [3.05, 3.63) is 82.9 Å². The highest BCUT2D eigenvalue weighted by molar-refractivity contribution is 7.54. The standard InChI is InChI=1S/C22H24ClO3P/c1-3-25-27(24,26-4-2)22(16-17-10-6-5-7-11-17)20-14-15-21(23)19-13-9-8-12-18(19)20/h5-15,22H,3-4,16H2,1-2H3. The van der Waals surface area contributed by atoms with Gasteiger partial charge in [0, 0.05) is 10.4 Å². The van der Waals surface area contributed by atoms with Crippen LogP contribution >= 0.6 is 19.2 Å². The predicted molar refractivity (Wildman–Crippen MR) is 113 cm³/mol. The van der Waals surface area contributed by atoms with Gasteiger partial charge in [0.15, 0.2) is 0 Å². The number of hydrogen-bond acceptors (Lipinski definition) is 3. The van der Waals surface area contributed by atoms with E-state index in [1.807, 2.05) is 80.6 Å². The summed E-state index contributed by atoms with van der Waals surface area (Å²) < 4.78 is 25.2. The van der Waals surface area contributed by atoms with Gasteiger partial charge in [0.05, 0.1) is 18.9 Å². The highest BCUT2D eigenvalue weighted by Crippen LogP contribution is 2.63. The van der Waals surface area contributed by atoms with Crippen LogP contribution < -0.4 is 0 Å². The molecule has 0 aromatic heterocycles. The van der Waals surface area contributed by atoms with Gasteiger partial charge in [-0.25, -0.2) is 0 Å². The summed E-state index contributed by atoms with van der Waals surface area (Å²) in [6, 6.07) is 21.7. The molecule has 0 fully saturated rings. The minimum absolute atomic E-state index is 0.327. The molecular weight excluding hydrogens is 379 g/mol. The molecular formula is C22H24ClO3P. The first-order chi connectivity index (χ1) is 13.1. The van der Waals surface area contributed by atoms with E-state index in [-0.39, 0.29) is 0 Å². The Morgan fingerprint density at radius 3 is 2.07 bits per heavy atom. The van der Waals surface area contributed by atoms with Crippen LogP contribution in [-0.2, 0) is 20.0 Å². The fourth-order valence-corrected chi connectivity index (χ4v) is 5.77. The molecule has 0 spiro atoms. The van der Waals surface area contributed by atoms with Crippen LogP contribution in [0.15, 0.2) is 66.7 Å². The molecule has 1 atom stereocenters. The van der Waals surface area contributed by atoms with Crippen molar-refractivity contribution in [1.29, 1.82) is 0 Å².